The standard InChI is InChI=1S/C15H18N4OS/c20-14(18-12-6-2-1-3-7-12)19-15-17-10-13(21-15)11-5-4-8-16-9-11/h1-3,6-7,10-11,16H,4-5,8-9H2,(H2,17,18,19,20)/t11-/m1/s1. The van der Waals surface area contributed by atoms with E-state index >= 15 is 0 Å². The summed E-state index contributed by atoms with van der Waals surface area (Å²) >= 11 is 1.56. The van der Waals surface area contributed by atoms with Crippen LogP contribution >= 0.6 is 11.3 Å². The average Bonchev–Trinajstić information content (AvgIpc) is 2.97. The Kier molecular flexibility index (Phi) is 4.47. The van der Waals surface area contributed by atoms with Crippen molar-refractivity contribution in [2.75, 3.05) is 23.7 Å². The van der Waals surface area contributed by atoms with Crippen molar-refractivity contribution in [1.82, 2.24) is 10.3 Å². The normalized spacial score (nSPS) is 18.2. The Bertz CT molecular complexity index is 593. The molecule has 0 spiro atoms. The number of urea groups is 1. The number of hydrogen-bond acceptors (Lipinski definition) is 4. The van der Waals surface area contributed by atoms with Crippen molar-refractivity contribution in [2.24, 2.45) is 0 Å². The molecular weight excluding hydrogens is 284 g/mol. The van der Waals surface area contributed by atoms with Crippen molar-refractivity contribution in [3.63, 3.8) is 0 Å². The summed E-state index contributed by atoms with van der Waals surface area (Å²) in [4.78, 5) is 17.4. The van der Waals surface area contributed by atoms with E-state index < -0.39 is 0 Å². The molecule has 0 bridgehead atoms. The summed E-state index contributed by atoms with van der Waals surface area (Å²) in [6.45, 7) is 2.09. The number of anilines is 2. The van der Waals surface area contributed by atoms with E-state index in [4.69, 9.17) is 0 Å². The fourth-order valence-corrected chi connectivity index (χ4v) is 3.35. The molecule has 21 heavy (non-hydrogen) atoms. The molecule has 0 radical (unpaired) electrons. The number of hydrogen-bond donors (Lipinski definition) is 3. The Balaban J connectivity index is 1.57. The molecule has 0 saturated carbocycles. The number of nitrogens with one attached hydrogen (secondary N) is 3. The molecule has 1 atom stereocenters. The number of para-hydroxylation sites is 1. The molecule has 2 aromatic rings. The van der Waals surface area contributed by atoms with E-state index in [-0.39, 0.29) is 6.03 Å². The van der Waals surface area contributed by atoms with Crippen LogP contribution in [-0.2, 0) is 0 Å². The first-order chi connectivity index (χ1) is 10.3. The second kappa shape index (κ2) is 6.69. The summed E-state index contributed by atoms with van der Waals surface area (Å²) < 4.78 is 0. The summed E-state index contributed by atoms with van der Waals surface area (Å²) in [5.74, 6) is 0.518. The molecule has 1 fully saturated rings. The van der Waals surface area contributed by atoms with Gasteiger partial charge in [0.15, 0.2) is 5.13 Å². The Morgan fingerprint density at radius 3 is 2.90 bits per heavy atom. The smallest absolute Gasteiger partial charge is 0.316 e. The predicted octanol–water partition coefficient (Wildman–Crippen LogP) is 3.25. The van der Waals surface area contributed by atoms with E-state index in [9.17, 15) is 4.79 Å². The first kappa shape index (κ1) is 14.0. The Labute approximate surface area is 127 Å². The van der Waals surface area contributed by atoms with Gasteiger partial charge in [0.25, 0.3) is 0 Å². The lowest BCUT2D eigenvalue weighted by Crippen LogP contribution is -2.27. The molecule has 3 N–H and O–H groups in total. The number of amides is 2. The Morgan fingerprint density at radius 2 is 2.14 bits per heavy atom. The van der Waals surface area contributed by atoms with E-state index in [1.165, 1.54) is 17.7 Å². The highest BCUT2D eigenvalue weighted by Crippen LogP contribution is 2.30. The van der Waals surface area contributed by atoms with Crippen LogP contribution in [0, 0.1) is 0 Å². The third-order valence-corrected chi connectivity index (χ3v) is 4.55. The summed E-state index contributed by atoms with van der Waals surface area (Å²) in [6, 6.07) is 9.11. The highest BCUT2D eigenvalue weighted by molar-refractivity contribution is 7.15. The molecule has 3 rings (SSSR count). The monoisotopic (exact) mass is 302 g/mol. The van der Waals surface area contributed by atoms with Gasteiger partial charge < -0.3 is 10.6 Å². The van der Waals surface area contributed by atoms with Crippen molar-refractivity contribution < 1.29 is 4.79 Å². The molecule has 1 aliphatic rings. The molecule has 1 aromatic carbocycles. The Hall–Kier alpha value is -1.92. The van der Waals surface area contributed by atoms with Gasteiger partial charge in [0.1, 0.15) is 0 Å². The summed E-state index contributed by atoms with van der Waals surface area (Å²) in [5, 5.41) is 9.61. The maximum absolute atomic E-state index is 11.9. The molecule has 1 aromatic heterocycles. The van der Waals surface area contributed by atoms with E-state index in [1.54, 1.807) is 11.3 Å². The van der Waals surface area contributed by atoms with Crippen LogP contribution in [-0.4, -0.2) is 24.1 Å². The number of benzene rings is 1. The third kappa shape index (κ3) is 3.80. The van der Waals surface area contributed by atoms with Gasteiger partial charge in [0.05, 0.1) is 0 Å². The fraction of sp³-hybridized carbons (Fsp3) is 0.333. The van der Waals surface area contributed by atoms with Gasteiger partial charge in [-0.15, -0.1) is 11.3 Å². The minimum Gasteiger partial charge on any atom is -0.316 e. The van der Waals surface area contributed by atoms with Gasteiger partial charge in [-0.2, -0.15) is 0 Å². The lowest BCUT2D eigenvalue weighted by Gasteiger charge is -2.20. The third-order valence-electron chi connectivity index (χ3n) is 3.47. The minimum absolute atomic E-state index is 0.260. The van der Waals surface area contributed by atoms with Crippen molar-refractivity contribution in [3.05, 3.63) is 41.4 Å². The maximum Gasteiger partial charge on any atom is 0.325 e. The van der Waals surface area contributed by atoms with E-state index in [2.05, 4.69) is 20.9 Å². The van der Waals surface area contributed by atoms with Crippen LogP contribution in [0.2, 0.25) is 0 Å². The number of nitrogens with zero attached hydrogens (tertiary/aromatic N) is 1. The van der Waals surface area contributed by atoms with Gasteiger partial charge in [-0.25, -0.2) is 9.78 Å². The number of aromatic nitrogens is 1. The summed E-state index contributed by atoms with van der Waals surface area (Å²) in [7, 11) is 0. The van der Waals surface area contributed by atoms with Crippen LogP contribution in [0.1, 0.15) is 23.6 Å². The predicted molar refractivity (Wildman–Crippen MR) is 86.0 cm³/mol. The topological polar surface area (TPSA) is 66.0 Å². The van der Waals surface area contributed by atoms with Crippen molar-refractivity contribution in [1.29, 1.82) is 0 Å². The van der Waals surface area contributed by atoms with Gasteiger partial charge in [0.2, 0.25) is 0 Å². The van der Waals surface area contributed by atoms with Crippen molar-refractivity contribution >= 4 is 28.2 Å². The SMILES string of the molecule is O=C(Nc1ccccc1)Nc1ncc([C@@H]2CCCNC2)s1. The second-order valence-electron chi connectivity index (χ2n) is 5.06. The molecule has 2 heterocycles. The van der Waals surface area contributed by atoms with E-state index in [0.29, 0.717) is 11.0 Å². The first-order valence-electron chi connectivity index (χ1n) is 7.11. The van der Waals surface area contributed by atoms with E-state index in [1.807, 2.05) is 36.5 Å². The van der Waals surface area contributed by atoms with Crippen LogP contribution in [0.4, 0.5) is 15.6 Å². The van der Waals surface area contributed by atoms with Gasteiger partial charge in [-0.1, -0.05) is 18.2 Å². The maximum atomic E-state index is 11.9. The van der Waals surface area contributed by atoms with Gasteiger partial charge in [-0.3, -0.25) is 5.32 Å². The van der Waals surface area contributed by atoms with Crippen LogP contribution in [0.15, 0.2) is 36.5 Å². The second-order valence-corrected chi connectivity index (χ2v) is 6.12. The zero-order valence-electron chi connectivity index (χ0n) is 11.6. The molecule has 2 amide bonds. The zero-order valence-corrected chi connectivity index (χ0v) is 12.5. The quantitative estimate of drug-likeness (QED) is 0.815. The van der Waals surface area contributed by atoms with Gasteiger partial charge in [0, 0.05) is 29.2 Å². The summed E-state index contributed by atoms with van der Waals surface area (Å²) in [6.07, 6.45) is 4.26. The van der Waals surface area contributed by atoms with Crippen molar-refractivity contribution in [3.8, 4) is 0 Å². The number of rotatable bonds is 3. The molecule has 5 nitrogen and oxygen atoms in total. The van der Waals surface area contributed by atoms with Crippen LogP contribution in [0.5, 0.6) is 0 Å². The highest BCUT2D eigenvalue weighted by atomic mass is 32.1. The first-order valence-corrected chi connectivity index (χ1v) is 7.92. The number of carbonyl (C=O) groups is 1. The molecule has 0 aliphatic carbocycles. The average molecular weight is 302 g/mol. The number of thiazole rings is 1. The lowest BCUT2D eigenvalue weighted by molar-refractivity contribution is 0.262. The molecule has 0 unspecified atom stereocenters. The van der Waals surface area contributed by atoms with E-state index in [0.717, 1.165) is 18.8 Å². The molecular formula is C15H18N4OS. The zero-order chi connectivity index (χ0) is 14.5. The minimum atomic E-state index is -0.260. The van der Waals surface area contributed by atoms with Crippen molar-refractivity contribution in [2.45, 2.75) is 18.8 Å². The highest BCUT2D eigenvalue weighted by Gasteiger charge is 2.18. The molecule has 110 valence electrons. The van der Waals surface area contributed by atoms with Gasteiger partial charge >= 0.3 is 6.03 Å². The summed E-state index contributed by atoms with van der Waals surface area (Å²) in [5.41, 5.74) is 0.767. The van der Waals surface area contributed by atoms with Crippen LogP contribution < -0.4 is 16.0 Å². The number of piperidine rings is 1. The number of carbonyl (C=O) groups excluding carboxylic acids is 1. The van der Waals surface area contributed by atoms with Crippen LogP contribution in [0.3, 0.4) is 0 Å². The molecule has 1 saturated heterocycles. The van der Waals surface area contributed by atoms with Gasteiger partial charge in [-0.05, 0) is 31.5 Å². The fourth-order valence-electron chi connectivity index (χ4n) is 2.41. The molecule has 6 heteroatoms. The van der Waals surface area contributed by atoms with Crippen LogP contribution in [0.25, 0.3) is 0 Å². The lowest BCUT2D eigenvalue weighted by atomic mass is 9.99. The Morgan fingerprint density at radius 1 is 1.29 bits per heavy atom. The largest absolute Gasteiger partial charge is 0.325 e. The molecule has 1 aliphatic heterocycles.